The van der Waals surface area contributed by atoms with E-state index in [-0.39, 0.29) is 5.91 Å². The van der Waals surface area contributed by atoms with Gasteiger partial charge in [-0.15, -0.1) is 6.58 Å². The van der Waals surface area contributed by atoms with Crippen molar-refractivity contribution in [2.45, 2.75) is 46.2 Å². The lowest BCUT2D eigenvalue weighted by Crippen LogP contribution is -2.52. The van der Waals surface area contributed by atoms with Crippen molar-refractivity contribution in [1.29, 1.82) is 0 Å². The molecule has 0 saturated carbocycles. The van der Waals surface area contributed by atoms with Gasteiger partial charge in [-0.25, -0.2) is 0 Å². The number of para-hydroxylation sites is 1. The molecule has 166 valence electrons. The van der Waals surface area contributed by atoms with E-state index in [0.717, 1.165) is 43.9 Å². The average Bonchev–Trinajstić information content (AvgIpc) is 2.79. The van der Waals surface area contributed by atoms with Gasteiger partial charge in [-0.2, -0.15) is 0 Å². The number of amides is 1. The van der Waals surface area contributed by atoms with Crippen LogP contribution in [0.2, 0.25) is 0 Å². The van der Waals surface area contributed by atoms with E-state index in [2.05, 4.69) is 72.7 Å². The van der Waals surface area contributed by atoms with Crippen LogP contribution in [0.1, 0.15) is 44.5 Å². The van der Waals surface area contributed by atoms with Gasteiger partial charge in [-0.3, -0.25) is 9.69 Å². The SMILES string of the molecule is C=CCN1C[C@@H](C)[C@H](N(c2ccccc2)c2ccc(C(=O)N(CC)CC)cc2)C[C@@H]1C. The van der Waals surface area contributed by atoms with E-state index in [9.17, 15) is 4.79 Å². The topological polar surface area (TPSA) is 26.8 Å². The molecule has 2 aromatic rings. The van der Waals surface area contributed by atoms with Gasteiger partial charge in [0.05, 0.1) is 0 Å². The number of likely N-dealkylation sites (tertiary alicyclic amines) is 1. The minimum atomic E-state index is 0.0996. The fraction of sp³-hybridized carbons (Fsp3) is 0.444. The van der Waals surface area contributed by atoms with Crippen LogP contribution >= 0.6 is 0 Å². The summed E-state index contributed by atoms with van der Waals surface area (Å²) >= 11 is 0. The second kappa shape index (κ2) is 10.6. The molecule has 0 radical (unpaired) electrons. The van der Waals surface area contributed by atoms with Crippen molar-refractivity contribution in [1.82, 2.24) is 9.80 Å². The highest BCUT2D eigenvalue weighted by Crippen LogP contribution is 2.36. The zero-order chi connectivity index (χ0) is 22.4. The predicted molar refractivity (Wildman–Crippen MR) is 131 cm³/mol. The van der Waals surface area contributed by atoms with Crippen molar-refractivity contribution in [3.63, 3.8) is 0 Å². The largest absolute Gasteiger partial charge is 0.339 e. The molecule has 31 heavy (non-hydrogen) atoms. The summed E-state index contributed by atoms with van der Waals surface area (Å²) in [6, 6.07) is 19.7. The van der Waals surface area contributed by atoms with Crippen molar-refractivity contribution in [2.24, 2.45) is 5.92 Å². The van der Waals surface area contributed by atoms with E-state index in [1.54, 1.807) is 0 Å². The van der Waals surface area contributed by atoms with Crippen molar-refractivity contribution in [3.8, 4) is 0 Å². The van der Waals surface area contributed by atoms with Crippen LogP contribution in [-0.2, 0) is 0 Å². The number of hydrogen-bond acceptors (Lipinski definition) is 3. The number of nitrogens with zero attached hydrogens (tertiary/aromatic N) is 3. The van der Waals surface area contributed by atoms with Crippen LogP contribution < -0.4 is 4.90 Å². The normalized spacial score (nSPS) is 21.5. The smallest absolute Gasteiger partial charge is 0.253 e. The van der Waals surface area contributed by atoms with Crippen molar-refractivity contribution < 1.29 is 4.79 Å². The van der Waals surface area contributed by atoms with Gasteiger partial charge in [0, 0.05) is 55.2 Å². The lowest BCUT2D eigenvalue weighted by Gasteiger charge is -2.46. The van der Waals surface area contributed by atoms with Gasteiger partial charge in [0.25, 0.3) is 5.91 Å². The Hall–Kier alpha value is -2.59. The number of piperidine rings is 1. The number of carbonyl (C=O) groups is 1. The summed E-state index contributed by atoms with van der Waals surface area (Å²) in [6.45, 7) is 16.1. The van der Waals surface area contributed by atoms with Crippen LogP contribution in [0.5, 0.6) is 0 Å². The van der Waals surface area contributed by atoms with Crippen LogP contribution in [0.3, 0.4) is 0 Å². The summed E-state index contributed by atoms with van der Waals surface area (Å²) in [6.07, 6.45) is 3.09. The van der Waals surface area contributed by atoms with Crippen LogP contribution in [0.4, 0.5) is 11.4 Å². The Labute approximate surface area is 188 Å². The second-order valence-electron chi connectivity index (χ2n) is 8.60. The van der Waals surface area contributed by atoms with Gasteiger partial charge in [0.2, 0.25) is 0 Å². The van der Waals surface area contributed by atoms with Crippen LogP contribution in [-0.4, -0.2) is 54.0 Å². The molecule has 4 nitrogen and oxygen atoms in total. The molecule has 1 amide bonds. The number of hydrogen-bond donors (Lipinski definition) is 0. The number of anilines is 2. The van der Waals surface area contributed by atoms with E-state index in [4.69, 9.17) is 0 Å². The highest BCUT2D eigenvalue weighted by molar-refractivity contribution is 5.94. The Kier molecular flexibility index (Phi) is 7.91. The van der Waals surface area contributed by atoms with Gasteiger partial charge >= 0.3 is 0 Å². The zero-order valence-electron chi connectivity index (χ0n) is 19.5. The monoisotopic (exact) mass is 419 g/mol. The van der Waals surface area contributed by atoms with Crippen LogP contribution in [0.15, 0.2) is 67.3 Å². The molecule has 0 bridgehead atoms. The van der Waals surface area contributed by atoms with Crippen LogP contribution in [0.25, 0.3) is 0 Å². The quantitative estimate of drug-likeness (QED) is 0.522. The Morgan fingerprint density at radius 1 is 1.03 bits per heavy atom. The molecule has 3 atom stereocenters. The van der Waals surface area contributed by atoms with E-state index in [1.165, 1.54) is 5.69 Å². The van der Waals surface area contributed by atoms with E-state index >= 15 is 0 Å². The zero-order valence-corrected chi connectivity index (χ0v) is 19.5. The van der Waals surface area contributed by atoms with Gasteiger partial charge in [0.1, 0.15) is 0 Å². The predicted octanol–water partition coefficient (Wildman–Crippen LogP) is 5.59. The van der Waals surface area contributed by atoms with E-state index in [1.807, 2.05) is 37.0 Å². The molecular formula is C27H37N3O. The summed E-state index contributed by atoms with van der Waals surface area (Å²) in [4.78, 5) is 19.6. The van der Waals surface area contributed by atoms with Gasteiger partial charge in [-0.05, 0) is 69.5 Å². The molecule has 1 saturated heterocycles. The summed E-state index contributed by atoms with van der Waals surface area (Å²) in [5, 5.41) is 0. The standard InChI is InChI=1S/C27H37N3O/c1-6-18-29-20-21(4)26(19-22(29)5)30(24-12-10-9-11-13-24)25-16-14-23(15-17-25)27(31)28(7-2)8-3/h6,9-17,21-22,26H,1,7-8,18-20H2,2-5H3/t21-,22+,26-/m1/s1. The number of benzene rings is 2. The second-order valence-corrected chi connectivity index (χ2v) is 8.60. The third kappa shape index (κ3) is 5.19. The molecule has 1 heterocycles. The molecule has 0 unspecified atom stereocenters. The Bertz CT molecular complexity index is 845. The fourth-order valence-electron chi connectivity index (χ4n) is 4.76. The summed E-state index contributed by atoms with van der Waals surface area (Å²) in [7, 11) is 0. The highest BCUT2D eigenvalue weighted by Gasteiger charge is 2.35. The molecule has 1 fully saturated rings. The summed E-state index contributed by atoms with van der Waals surface area (Å²) in [5.41, 5.74) is 3.10. The van der Waals surface area contributed by atoms with E-state index in [0.29, 0.717) is 18.0 Å². The van der Waals surface area contributed by atoms with E-state index < -0.39 is 0 Å². The summed E-state index contributed by atoms with van der Waals surface area (Å²) in [5.74, 6) is 0.607. The number of rotatable bonds is 8. The molecule has 2 aromatic carbocycles. The highest BCUT2D eigenvalue weighted by atomic mass is 16.2. The van der Waals surface area contributed by atoms with Gasteiger partial charge < -0.3 is 9.80 Å². The Balaban J connectivity index is 1.92. The first-order chi connectivity index (χ1) is 15.0. The third-order valence-corrected chi connectivity index (χ3v) is 6.56. The Morgan fingerprint density at radius 2 is 1.65 bits per heavy atom. The van der Waals surface area contributed by atoms with Crippen molar-refractivity contribution in [3.05, 3.63) is 72.8 Å². The lowest BCUT2D eigenvalue weighted by atomic mass is 9.87. The van der Waals surface area contributed by atoms with Gasteiger partial charge in [0.15, 0.2) is 0 Å². The van der Waals surface area contributed by atoms with Gasteiger partial charge in [-0.1, -0.05) is 31.2 Å². The lowest BCUT2D eigenvalue weighted by molar-refractivity contribution is 0.0773. The first kappa shape index (κ1) is 23.1. The Morgan fingerprint density at radius 3 is 2.23 bits per heavy atom. The minimum Gasteiger partial charge on any atom is -0.339 e. The number of carbonyl (C=O) groups excluding carboxylic acids is 1. The first-order valence-electron chi connectivity index (χ1n) is 11.6. The molecule has 0 N–H and O–H groups in total. The maximum absolute atomic E-state index is 12.8. The maximum Gasteiger partial charge on any atom is 0.253 e. The molecule has 0 aromatic heterocycles. The minimum absolute atomic E-state index is 0.0996. The molecule has 1 aliphatic rings. The maximum atomic E-state index is 12.8. The molecule has 0 spiro atoms. The van der Waals surface area contributed by atoms with Crippen molar-refractivity contribution >= 4 is 17.3 Å². The van der Waals surface area contributed by atoms with Crippen LogP contribution in [0, 0.1) is 5.92 Å². The third-order valence-electron chi connectivity index (χ3n) is 6.56. The average molecular weight is 420 g/mol. The molecule has 0 aliphatic carbocycles. The summed E-state index contributed by atoms with van der Waals surface area (Å²) < 4.78 is 0. The molecule has 1 aliphatic heterocycles. The molecular weight excluding hydrogens is 382 g/mol. The fourth-order valence-corrected chi connectivity index (χ4v) is 4.76. The van der Waals surface area contributed by atoms with Crippen molar-refractivity contribution in [2.75, 3.05) is 31.1 Å². The molecule has 3 rings (SSSR count). The first-order valence-corrected chi connectivity index (χ1v) is 11.6. The molecule has 4 heteroatoms.